The van der Waals surface area contributed by atoms with Gasteiger partial charge in [-0.25, -0.2) is 4.79 Å². The van der Waals surface area contributed by atoms with Crippen molar-refractivity contribution in [1.29, 1.82) is 0 Å². The number of hydrogen-bond acceptors (Lipinski definition) is 4. The van der Waals surface area contributed by atoms with Gasteiger partial charge in [0.15, 0.2) is 0 Å². The smallest absolute Gasteiger partial charge is 0.408 e. The highest BCUT2D eigenvalue weighted by Gasteiger charge is 2.23. The fourth-order valence-corrected chi connectivity index (χ4v) is 1.39. The van der Waals surface area contributed by atoms with E-state index in [2.05, 4.69) is 16.0 Å². The van der Waals surface area contributed by atoms with Gasteiger partial charge in [0.2, 0.25) is 6.10 Å². The van der Waals surface area contributed by atoms with Gasteiger partial charge in [-0.1, -0.05) is 12.1 Å². The number of carbonyl (C=O) groups excluding carboxylic acids is 2. The molecule has 1 rings (SSSR count). The number of ether oxygens (including phenoxy) is 1. The number of nitrogens with one attached hydrogen (secondary N) is 3. The van der Waals surface area contributed by atoms with E-state index in [4.69, 9.17) is 4.74 Å². The van der Waals surface area contributed by atoms with Crippen LogP contribution in [0, 0.1) is 0 Å². The Morgan fingerprint density at radius 2 is 1.67 bits per heavy atom. The maximum Gasteiger partial charge on any atom is 0.408 e. The summed E-state index contributed by atoms with van der Waals surface area (Å²) in [6.07, 6.45) is -1.61. The first-order valence-electron chi connectivity index (χ1n) is 5.50. The normalized spacial score (nSPS) is 11.3. The fraction of sp³-hybridized carbons (Fsp3) is 0.333. The molecule has 0 aliphatic carbocycles. The molecule has 0 fully saturated rings. The quantitative estimate of drug-likeness (QED) is 0.742. The van der Waals surface area contributed by atoms with Crippen molar-refractivity contribution in [2.75, 3.05) is 26.5 Å². The van der Waals surface area contributed by atoms with Crippen LogP contribution in [0.15, 0.2) is 24.3 Å². The Balaban J connectivity index is 2.93. The van der Waals surface area contributed by atoms with Crippen LogP contribution < -0.4 is 16.0 Å². The molecule has 1 unspecified atom stereocenters. The minimum absolute atomic E-state index is 0.379. The van der Waals surface area contributed by atoms with E-state index in [1.165, 1.54) is 14.1 Å². The Morgan fingerprint density at radius 1 is 1.06 bits per heavy atom. The van der Waals surface area contributed by atoms with Gasteiger partial charge < -0.3 is 20.7 Å². The van der Waals surface area contributed by atoms with Crippen molar-refractivity contribution in [1.82, 2.24) is 10.6 Å². The molecule has 1 atom stereocenters. The van der Waals surface area contributed by atoms with E-state index >= 15 is 0 Å². The van der Waals surface area contributed by atoms with E-state index in [0.29, 0.717) is 5.56 Å². The van der Waals surface area contributed by atoms with Crippen LogP contribution in [0.25, 0.3) is 0 Å². The number of hydrogen-bond donors (Lipinski definition) is 3. The summed E-state index contributed by atoms with van der Waals surface area (Å²) >= 11 is 0. The third kappa shape index (κ3) is 3.38. The lowest BCUT2D eigenvalue weighted by atomic mass is 10.1. The maximum atomic E-state index is 11.7. The Hall–Kier alpha value is -2.24. The standard InChI is InChI=1S/C12H17N3O3/c1-13-9-6-4-8(5-7-9)10(11(16)14-2)18-12(17)15-3/h4-7,10,13H,1-3H3,(H,14,16)(H,15,17). The lowest BCUT2D eigenvalue weighted by Gasteiger charge is -2.16. The molecule has 0 radical (unpaired) electrons. The van der Waals surface area contributed by atoms with Gasteiger partial charge in [0.25, 0.3) is 5.91 Å². The SMILES string of the molecule is CNC(=O)OC(C(=O)NC)c1ccc(NC)cc1. The Bertz CT molecular complexity index is 417. The van der Waals surface area contributed by atoms with Gasteiger partial charge >= 0.3 is 6.09 Å². The predicted octanol–water partition coefficient (Wildman–Crippen LogP) is 0.871. The summed E-state index contributed by atoms with van der Waals surface area (Å²) in [5.74, 6) is -0.379. The number of likely N-dealkylation sites (N-methyl/N-ethyl adjacent to an activating group) is 1. The van der Waals surface area contributed by atoms with E-state index in [9.17, 15) is 9.59 Å². The molecule has 18 heavy (non-hydrogen) atoms. The summed E-state index contributed by atoms with van der Waals surface area (Å²) in [7, 11) is 4.73. The summed E-state index contributed by atoms with van der Waals surface area (Å²) < 4.78 is 5.03. The molecule has 2 amide bonds. The van der Waals surface area contributed by atoms with Gasteiger partial charge in [-0.05, 0) is 12.1 Å². The van der Waals surface area contributed by atoms with Gasteiger partial charge in [-0.15, -0.1) is 0 Å². The molecule has 0 aliphatic heterocycles. The fourth-order valence-electron chi connectivity index (χ4n) is 1.39. The highest BCUT2D eigenvalue weighted by molar-refractivity contribution is 5.84. The molecule has 6 nitrogen and oxygen atoms in total. The van der Waals surface area contributed by atoms with Crippen LogP contribution >= 0.6 is 0 Å². The molecular formula is C12H17N3O3. The van der Waals surface area contributed by atoms with E-state index in [-0.39, 0.29) is 5.91 Å². The molecule has 0 bridgehead atoms. The van der Waals surface area contributed by atoms with Crippen molar-refractivity contribution in [2.45, 2.75) is 6.10 Å². The number of amides is 2. The van der Waals surface area contributed by atoms with Crippen LogP contribution in [0.1, 0.15) is 11.7 Å². The van der Waals surface area contributed by atoms with Gasteiger partial charge in [-0.2, -0.15) is 0 Å². The first kappa shape index (κ1) is 13.8. The van der Waals surface area contributed by atoms with Crippen molar-refractivity contribution in [3.8, 4) is 0 Å². The molecule has 0 saturated carbocycles. The van der Waals surface area contributed by atoms with Crippen molar-refractivity contribution >= 4 is 17.7 Å². The van der Waals surface area contributed by atoms with Crippen LogP contribution in [0.2, 0.25) is 0 Å². The van der Waals surface area contributed by atoms with Gasteiger partial charge in [-0.3, -0.25) is 4.79 Å². The second-order valence-electron chi connectivity index (χ2n) is 3.52. The molecule has 1 aromatic carbocycles. The van der Waals surface area contributed by atoms with Crippen LogP contribution in [-0.2, 0) is 9.53 Å². The minimum atomic E-state index is -0.958. The molecule has 3 N–H and O–H groups in total. The zero-order valence-electron chi connectivity index (χ0n) is 10.6. The second kappa shape index (κ2) is 6.48. The first-order chi connectivity index (χ1) is 8.62. The third-order valence-electron chi connectivity index (χ3n) is 2.42. The number of benzene rings is 1. The zero-order valence-corrected chi connectivity index (χ0v) is 10.6. The average Bonchev–Trinajstić information content (AvgIpc) is 2.43. The van der Waals surface area contributed by atoms with E-state index in [1.807, 2.05) is 0 Å². The van der Waals surface area contributed by atoms with Crippen LogP contribution in [0.3, 0.4) is 0 Å². The predicted molar refractivity (Wildman–Crippen MR) is 68.3 cm³/mol. The Kier molecular flexibility index (Phi) is 4.98. The van der Waals surface area contributed by atoms with Gasteiger partial charge in [0.1, 0.15) is 0 Å². The molecule has 0 aromatic heterocycles. The number of anilines is 1. The molecular weight excluding hydrogens is 234 g/mol. The van der Waals surface area contributed by atoms with Crippen LogP contribution in [0.5, 0.6) is 0 Å². The molecule has 0 heterocycles. The average molecular weight is 251 g/mol. The van der Waals surface area contributed by atoms with Crippen molar-refractivity contribution in [2.24, 2.45) is 0 Å². The molecule has 0 aliphatic rings. The lowest BCUT2D eigenvalue weighted by molar-refractivity contribution is -0.129. The molecule has 1 aromatic rings. The molecule has 0 spiro atoms. The summed E-state index contributed by atoms with van der Waals surface area (Å²) in [6, 6.07) is 7.07. The maximum absolute atomic E-state index is 11.7. The molecule has 6 heteroatoms. The number of carbonyl (C=O) groups is 2. The molecule has 98 valence electrons. The van der Waals surface area contributed by atoms with Gasteiger partial charge in [0.05, 0.1) is 0 Å². The van der Waals surface area contributed by atoms with Crippen molar-refractivity contribution < 1.29 is 14.3 Å². The highest BCUT2D eigenvalue weighted by atomic mass is 16.6. The summed E-state index contributed by atoms with van der Waals surface area (Å²) in [6.45, 7) is 0. The second-order valence-corrected chi connectivity index (χ2v) is 3.52. The third-order valence-corrected chi connectivity index (χ3v) is 2.42. The topological polar surface area (TPSA) is 79.5 Å². The number of alkyl carbamates (subject to hydrolysis) is 1. The highest BCUT2D eigenvalue weighted by Crippen LogP contribution is 2.20. The van der Waals surface area contributed by atoms with Crippen LogP contribution in [-0.4, -0.2) is 33.1 Å². The lowest BCUT2D eigenvalue weighted by Crippen LogP contribution is -2.32. The van der Waals surface area contributed by atoms with E-state index in [0.717, 1.165) is 5.69 Å². The van der Waals surface area contributed by atoms with Crippen molar-refractivity contribution in [3.63, 3.8) is 0 Å². The number of rotatable bonds is 4. The van der Waals surface area contributed by atoms with Gasteiger partial charge in [0, 0.05) is 32.4 Å². The largest absolute Gasteiger partial charge is 0.431 e. The monoisotopic (exact) mass is 251 g/mol. The molecule has 0 saturated heterocycles. The van der Waals surface area contributed by atoms with E-state index < -0.39 is 12.2 Å². The zero-order chi connectivity index (χ0) is 13.5. The van der Waals surface area contributed by atoms with Crippen molar-refractivity contribution in [3.05, 3.63) is 29.8 Å². The van der Waals surface area contributed by atoms with Crippen LogP contribution in [0.4, 0.5) is 10.5 Å². The van der Waals surface area contributed by atoms with E-state index in [1.54, 1.807) is 31.3 Å². The Morgan fingerprint density at radius 3 is 2.11 bits per heavy atom. The summed E-state index contributed by atoms with van der Waals surface area (Å²) in [4.78, 5) is 22.9. The minimum Gasteiger partial charge on any atom is -0.431 e. The summed E-state index contributed by atoms with van der Waals surface area (Å²) in [5.41, 5.74) is 1.52. The Labute approximate surface area is 106 Å². The first-order valence-corrected chi connectivity index (χ1v) is 5.50. The summed E-state index contributed by atoms with van der Waals surface area (Å²) in [5, 5.41) is 7.74.